The lowest BCUT2D eigenvalue weighted by Crippen LogP contribution is -2.12. The Bertz CT molecular complexity index is 686. The minimum Gasteiger partial charge on any atom is -0.392 e. The minimum absolute atomic E-state index is 0.00804. The smallest absolute Gasteiger partial charge is 0.270 e. The Morgan fingerprint density at radius 3 is 2.43 bits per heavy atom. The number of rotatable bonds is 4. The van der Waals surface area contributed by atoms with Crippen LogP contribution in [0.5, 0.6) is 0 Å². The Morgan fingerprint density at radius 1 is 1.24 bits per heavy atom. The monoisotopic (exact) mass is 306 g/mol. The number of nitrogens with one attached hydrogen (secondary N) is 1. The van der Waals surface area contributed by atoms with Gasteiger partial charge in [-0.25, -0.2) is 0 Å². The third-order valence-corrected chi connectivity index (χ3v) is 3.12. The Labute approximate surface area is 125 Å². The summed E-state index contributed by atoms with van der Waals surface area (Å²) < 4.78 is 0. The standard InChI is InChI=1S/C14H11ClN2O4/c15-13-7-11(17(20)21)5-6-12(13)14(19)16-10-3-1-9(8-18)2-4-10/h1-7,18H,8H2,(H,16,19). The Morgan fingerprint density at radius 2 is 1.90 bits per heavy atom. The van der Waals surface area contributed by atoms with Crippen LogP contribution in [0, 0.1) is 10.1 Å². The van der Waals surface area contributed by atoms with Gasteiger partial charge in [0.1, 0.15) is 0 Å². The summed E-state index contributed by atoms with van der Waals surface area (Å²) in [7, 11) is 0. The van der Waals surface area contributed by atoms with Gasteiger partial charge >= 0.3 is 0 Å². The molecule has 0 unspecified atom stereocenters. The highest BCUT2D eigenvalue weighted by Gasteiger charge is 2.15. The maximum atomic E-state index is 12.1. The first-order valence-corrected chi connectivity index (χ1v) is 6.34. The number of hydrogen-bond acceptors (Lipinski definition) is 4. The molecule has 0 aliphatic carbocycles. The molecule has 0 bridgehead atoms. The van der Waals surface area contributed by atoms with E-state index >= 15 is 0 Å². The first-order valence-electron chi connectivity index (χ1n) is 5.96. The van der Waals surface area contributed by atoms with Crippen LogP contribution in [-0.4, -0.2) is 15.9 Å². The van der Waals surface area contributed by atoms with Crippen molar-refractivity contribution in [1.29, 1.82) is 0 Å². The molecule has 2 rings (SSSR count). The van der Waals surface area contributed by atoms with Gasteiger partial charge in [-0.3, -0.25) is 14.9 Å². The van der Waals surface area contributed by atoms with Crippen LogP contribution < -0.4 is 5.32 Å². The summed E-state index contributed by atoms with van der Waals surface area (Å²) in [5.41, 5.74) is 1.23. The largest absolute Gasteiger partial charge is 0.392 e. The zero-order chi connectivity index (χ0) is 15.4. The van der Waals surface area contributed by atoms with Crippen LogP contribution in [0.1, 0.15) is 15.9 Å². The summed E-state index contributed by atoms with van der Waals surface area (Å²) in [4.78, 5) is 22.1. The summed E-state index contributed by atoms with van der Waals surface area (Å²) in [6.07, 6.45) is 0. The van der Waals surface area contributed by atoms with Gasteiger partial charge in [-0.15, -0.1) is 0 Å². The molecule has 0 spiro atoms. The van der Waals surface area contributed by atoms with Crippen LogP contribution in [-0.2, 0) is 6.61 Å². The fraction of sp³-hybridized carbons (Fsp3) is 0.0714. The fourth-order valence-corrected chi connectivity index (χ4v) is 1.95. The van der Waals surface area contributed by atoms with Crippen molar-refractivity contribution in [2.75, 3.05) is 5.32 Å². The van der Waals surface area contributed by atoms with Gasteiger partial charge < -0.3 is 10.4 Å². The first-order chi connectivity index (χ1) is 10.0. The molecule has 0 saturated carbocycles. The van der Waals surface area contributed by atoms with E-state index in [-0.39, 0.29) is 22.9 Å². The summed E-state index contributed by atoms with van der Waals surface area (Å²) in [6, 6.07) is 10.3. The molecule has 2 N–H and O–H groups in total. The zero-order valence-corrected chi connectivity index (χ0v) is 11.5. The number of benzene rings is 2. The average molecular weight is 307 g/mol. The highest BCUT2D eigenvalue weighted by molar-refractivity contribution is 6.34. The predicted molar refractivity (Wildman–Crippen MR) is 78.4 cm³/mol. The summed E-state index contributed by atoms with van der Waals surface area (Å²) >= 11 is 5.88. The van der Waals surface area contributed by atoms with Crippen LogP contribution in [0.15, 0.2) is 42.5 Å². The van der Waals surface area contributed by atoms with Gasteiger partial charge in [0.05, 0.1) is 22.1 Å². The van der Waals surface area contributed by atoms with E-state index in [0.717, 1.165) is 11.6 Å². The van der Waals surface area contributed by atoms with Gasteiger partial charge in [0.2, 0.25) is 0 Å². The zero-order valence-electron chi connectivity index (χ0n) is 10.7. The Kier molecular flexibility index (Phi) is 4.52. The maximum absolute atomic E-state index is 12.1. The molecule has 21 heavy (non-hydrogen) atoms. The minimum atomic E-state index is -0.582. The van der Waals surface area contributed by atoms with E-state index in [1.54, 1.807) is 24.3 Å². The highest BCUT2D eigenvalue weighted by atomic mass is 35.5. The molecule has 0 aromatic heterocycles. The van der Waals surface area contributed by atoms with Crippen LogP contribution in [0.4, 0.5) is 11.4 Å². The predicted octanol–water partition coefficient (Wildman–Crippen LogP) is 2.99. The molecule has 0 heterocycles. The van der Waals surface area contributed by atoms with E-state index in [4.69, 9.17) is 16.7 Å². The molecule has 6 nitrogen and oxygen atoms in total. The number of carbonyl (C=O) groups excluding carboxylic acids is 1. The molecule has 2 aromatic rings. The van der Waals surface area contributed by atoms with Crippen molar-refractivity contribution in [3.8, 4) is 0 Å². The molecule has 0 atom stereocenters. The molecule has 7 heteroatoms. The lowest BCUT2D eigenvalue weighted by Gasteiger charge is -2.07. The Balaban J connectivity index is 2.17. The average Bonchev–Trinajstić information content (AvgIpc) is 2.47. The number of aliphatic hydroxyl groups is 1. The normalized spacial score (nSPS) is 10.2. The number of nitro groups is 1. The van der Waals surface area contributed by atoms with Crippen molar-refractivity contribution in [3.63, 3.8) is 0 Å². The summed E-state index contributed by atoms with van der Waals surface area (Å²) in [5, 5.41) is 22.2. The maximum Gasteiger partial charge on any atom is 0.270 e. The van der Waals surface area contributed by atoms with Crippen molar-refractivity contribution in [2.45, 2.75) is 6.61 Å². The molecule has 0 aliphatic heterocycles. The van der Waals surface area contributed by atoms with E-state index in [9.17, 15) is 14.9 Å². The number of hydrogen-bond donors (Lipinski definition) is 2. The lowest BCUT2D eigenvalue weighted by atomic mass is 10.1. The van der Waals surface area contributed by atoms with E-state index < -0.39 is 10.8 Å². The number of non-ortho nitro benzene ring substituents is 1. The molecule has 1 amide bonds. The van der Waals surface area contributed by atoms with Gasteiger partial charge in [0.15, 0.2) is 0 Å². The van der Waals surface area contributed by atoms with E-state index in [2.05, 4.69) is 5.32 Å². The lowest BCUT2D eigenvalue weighted by molar-refractivity contribution is -0.384. The van der Waals surface area contributed by atoms with Gasteiger partial charge in [-0.2, -0.15) is 0 Å². The van der Waals surface area contributed by atoms with Crippen LogP contribution in [0.3, 0.4) is 0 Å². The van der Waals surface area contributed by atoms with E-state index in [1.165, 1.54) is 12.1 Å². The molecular formula is C14H11ClN2O4. The fourth-order valence-electron chi connectivity index (χ4n) is 1.69. The molecule has 108 valence electrons. The molecule has 0 fully saturated rings. The number of halogens is 1. The van der Waals surface area contributed by atoms with Crippen molar-refractivity contribution < 1.29 is 14.8 Å². The summed E-state index contributed by atoms with van der Waals surface area (Å²) in [5.74, 6) is -0.466. The van der Waals surface area contributed by atoms with Crippen molar-refractivity contribution in [2.24, 2.45) is 0 Å². The number of anilines is 1. The van der Waals surface area contributed by atoms with Crippen LogP contribution in [0.2, 0.25) is 5.02 Å². The number of aliphatic hydroxyl groups excluding tert-OH is 1. The second-order valence-electron chi connectivity index (χ2n) is 4.23. The SMILES string of the molecule is O=C(Nc1ccc(CO)cc1)c1ccc([N+](=O)[O-])cc1Cl. The second-order valence-corrected chi connectivity index (χ2v) is 4.64. The topological polar surface area (TPSA) is 92.5 Å². The van der Waals surface area contributed by atoms with Crippen LogP contribution in [0.25, 0.3) is 0 Å². The van der Waals surface area contributed by atoms with E-state index in [0.29, 0.717) is 5.69 Å². The van der Waals surface area contributed by atoms with Gasteiger partial charge in [0, 0.05) is 17.8 Å². The molecule has 2 aromatic carbocycles. The van der Waals surface area contributed by atoms with Crippen molar-refractivity contribution >= 4 is 28.9 Å². The highest BCUT2D eigenvalue weighted by Crippen LogP contribution is 2.23. The molecule has 0 saturated heterocycles. The van der Waals surface area contributed by atoms with E-state index in [1.807, 2.05) is 0 Å². The van der Waals surface area contributed by atoms with Gasteiger partial charge in [0.25, 0.3) is 11.6 Å². The van der Waals surface area contributed by atoms with Gasteiger partial charge in [-0.1, -0.05) is 23.7 Å². The Hall–Kier alpha value is -2.44. The number of carbonyl (C=O) groups is 1. The number of nitro benzene ring substituents is 1. The third-order valence-electron chi connectivity index (χ3n) is 2.80. The van der Waals surface area contributed by atoms with Crippen LogP contribution >= 0.6 is 11.6 Å². The van der Waals surface area contributed by atoms with Crippen molar-refractivity contribution in [3.05, 3.63) is 68.7 Å². The number of amides is 1. The van der Waals surface area contributed by atoms with Crippen molar-refractivity contribution in [1.82, 2.24) is 0 Å². The molecular weight excluding hydrogens is 296 g/mol. The quantitative estimate of drug-likeness (QED) is 0.671. The molecule has 0 aliphatic rings. The second kappa shape index (κ2) is 6.34. The third kappa shape index (κ3) is 3.56. The number of nitrogens with zero attached hydrogens (tertiary/aromatic N) is 1. The first kappa shape index (κ1) is 15.0. The van der Waals surface area contributed by atoms with Gasteiger partial charge in [-0.05, 0) is 23.8 Å². The summed E-state index contributed by atoms with van der Waals surface area (Å²) in [6.45, 7) is -0.0809. The molecule has 0 radical (unpaired) electrons.